The minimum atomic E-state index is -0.404. The fourth-order valence-corrected chi connectivity index (χ4v) is 0.600. The van der Waals surface area contributed by atoms with Gasteiger partial charge in [-0.2, -0.15) is 0 Å². The fourth-order valence-electron chi connectivity index (χ4n) is 0.600. The standard InChI is InChI=1S/C7H14NO3/c1-2-11-7(10)8-5-3-4-6-9/h2-6H2,1H3,(H,8,10). The lowest BCUT2D eigenvalue weighted by Gasteiger charge is -2.02. The molecule has 0 aliphatic carbocycles. The van der Waals surface area contributed by atoms with Gasteiger partial charge in [-0.15, -0.1) is 0 Å². The lowest BCUT2D eigenvalue weighted by molar-refractivity contribution is 0.150. The third-order valence-electron chi connectivity index (χ3n) is 1.12. The molecule has 1 N–H and O–H groups in total. The molecule has 11 heavy (non-hydrogen) atoms. The van der Waals surface area contributed by atoms with Crippen LogP contribution in [0.25, 0.3) is 0 Å². The quantitative estimate of drug-likeness (QED) is 0.608. The Kier molecular flexibility index (Phi) is 6.82. The molecule has 1 radical (unpaired) electrons. The summed E-state index contributed by atoms with van der Waals surface area (Å²) in [5.74, 6) is 0. The van der Waals surface area contributed by atoms with Crippen molar-refractivity contribution in [2.24, 2.45) is 0 Å². The number of carbonyl (C=O) groups is 1. The number of hydrogen-bond acceptors (Lipinski definition) is 2. The zero-order chi connectivity index (χ0) is 8.53. The largest absolute Gasteiger partial charge is 0.450 e. The number of nitrogens with one attached hydrogen (secondary N) is 1. The summed E-state index contributed by atoms with van der Waals surface area (Å²) in [4.78, 5) is 10.6. The molecule has 0 aliphatic rings. The van der Waals surface area contributed by atoms with Gasteiger partial charge >= 0.3 is 6.09 Å². The normalized spacial score (nSPS) is 9.27. The van der Waals surface area contributed by atoms with Crippen LogP contribution in [-0.2, 0) is 9.84 Å². The Bertz CT molecular complexity index is 106. The number of amides is 1. The predicted octanol–water partition coefficient (Wildman–Crippen LogP) is 0.943. The Morgan fingerprint density at radius 2 is 2.18 bits per heavy atom. The highest BCUT2D eigenvalue weighted by Gasteiger charge is 1.96. The van der Waals surface area contributed by atoms with Gasteiger partial charge in [-0.1, -0.05) is 0 Å². The van der Waals surface area contributed by atoms with E-state index >= 15 is 0 Å². The van der Waals surface area contributed by atoms with Crippen molar-refractivity contribution in [1.29, 1.82) is 0 Å². The average Bonchev–Trinajstić information content (AvgIpc) is 1.99. The Morgan fingerprint density at radius 1 is 1.45 bits per heavy atom. The lowest BCUT2D eigenvalue weighted by atomic mass is 10.3. The number of hydrogen-bond donors (Lipinski definition) is 1. The monoisotopic (exact) mass is 160 g/mol. The molecule has 1 amide bonds. The maximum atomic E-state index is 10.6. The number of alkyl carbamates (subject to hydrolysis) is 1. The molecule has 0 saturated heterocycles. The molecule has 0 unspecified atom stereocenters. The van der Waals surface area contributed by atoms with E-state index in [4.69, 9.17) is 0 Å². The molecule has 0 spiro atoms. The zero-order valence-electron chi connectivity index (χ0n) is 6.76. The Labute approximate surface area is 66.5 Å². The third kappa shape index (κ3) is 7.12. The predicted molar refractivity (Wildman–Crippen MR) is 39.8 cm³/mol. The van der Waals surface area contributed by atoms with Gasteiger partial charge in [0, 0.05) is 6.54 Å². The SMILES string of the molecule is CCOC(=O)NCCCC[O]. The summed E-state index contributed by atoms with van der Waals surface area (Å²) in [5, 5.41) is 12.5. The van der Waals surface area contributed by atoms with Crippen molar-refractivity contribution in [3.8, 4) is 0 Å². The summed E-state index contributed by atoms with van der Waals surface area (Å²) in [7, 11) is 0. The first kappa shape index (κ1) is 10.2. The highest BCUT2D eigenvalue weighted by atomic mass is 16.5. The lowest BCUT2D eigenvalue weighted by Crippen LogP contribution is -2.25. The van der Waals surface area contributed by atoms with Crippen molar-refractivity contribution in [2.45, 2.75) is 19.8 Å². The van der Waals surface area contributed by atoms with Crippen molar-refractivity contribution in [3.63, 3.8) is 0 Å². The van der Waals surface area contributed by atoms with Crippen LogP contribution in [0.3, 0.4) is 0 Å². The van der Waals surface area contributed by atoms with E-state index in [-0.39, 0.29) is 6.61 Å². The molecule has 0 bridgehead atoms. The van der Waals surface area contributed by atoms with Gasteiger partial charge < -0.3 is 10.1 Å². The molecule has 0 rings (SSSR count). The van der Waals surface area contributed by atoms with Gasteiger partial charge in [-0.25, -0.2) is 9.90 Å². The Hall–Kier alpha value is -0.770. The van der Waals surface area contributed by atoms with Crippen LogP contribution in [0.1, 0.15) is 19.8 Å². The van der Waals surface area contributed by atoms with Gasteiger partial charge in [0.2, 0.25) is 0 Å². The minimum absolute atomic E-state index is 0.0789. The van der Waals surface area contributed by atoms with E-state index in [0.717, 1.165) is 6.42 Å². The van der Waals surface area contributed by atoms with Crippen LogP contribution < -0.4 is 5.32 Å². The molecule has 0 heterocycles. The Morgan fingerprint density at radius 3 is 2.73 bits per heavy atom. The maximum absolute atomic E-state index is 10.6. The molecule has 0 saturated carbocycles. The van der Waals surface area contributed by atoms with Crippen LogP contribution in [0.15, 0.2) is 0 Å². The topological polar surface area (TPSA) is 58.2 Å². The molecule has 0 atom stereocenters. The second-order valence-corrected chi connectivity index (χ2v) is 2.06. The van der Waals surface area contributed by atoms with E-state index in [2.05, 4.69) is 10.1 Å². The molecule has 4 nitrogen and oxygen atoms in total. The van der Waals surface area contributed by atoms with Gasteiger partial charge in [-0.05, 0) is 19.8 Å². The number of carbonyl (C=O) groups excluding carboxylic acids is 1. The second kappa shape index (κ2) is 7.34. The molecule has 0 aromatic carbocycles. The molecule has 0 fully saturated rings. The smallest absolute Gasteiger partial charge is 0.407 e. The van der Waals surface area contributed by atoms with Crippen molar-refractivity contribution in [1.82, 2.24) is 5.32 Å². The highest BCUT2D eigenvalue weighted by molar-refractivity contribution is 5.66. The van der Waals surface area contributed by atoms with Gasteiger partial charge in [-0.3, -0.25) is 0 Å². The second-order valence-electron chi connectivity index (χ2n) is 2.06. The van der Waals surface area contributed by atoms with Crippen LogP contribution >= 0.6 is 0 Å². The summed E-state index contributed by atoms with van der Waals surface area (Å²) >= 11 is 0. The number of ether oxygens (including phenoxy) is 1. The van der Waals surface area contributed by atoms with Gasteiger partial charge in [0.1, 0.15) is 0 Å². The van der Waals surface area contributed by atoms with E-state index < -0.39 is 6.09 Å². The molecule has 0 aliphatic heterocycles. The van der Waals surface area contributed by atoms with Crippen molar-refractivity contribution in [2.75, 3.05) is 19.8 Å². The number of rotatable bonds is 5. The first-order chi connectivity index (χ1) is 5.31. The van der Waals surface area contributed by atoms with E-state index in [1.54, 1.807) is 6.92 Å². The molecule has 65 valence electrons. The van der Waals surface area contributed by atoms with E-state index in [9.17, 15) is 9.90 Å². The summed E-state index contributed by atoms with van der Waals surface area (Å²) in [6, 6.07) is 0. The van der Waals surface area contributed by atoms with Gasteiger partial charge in [0.25, 0.3) is 0 Å². The van der Waals surface area contributed by atoms with Crippen LogP contribution in [0.5, 0.6) is 0 Å². The van der Waals surface area contributed by atoms with E-state index in [1.165, 1.54) is 0 Å². The van der Waals surface area contributed by atoms with Crippen molar-refractivity contribution < 1.29 is 14.6 Å². The van der Waals surface area contributed by atoms with E-state index in [0.29, 0.717) is 19.6 Å². The molecule has 0 aromatic heterocycles. The minimum Gasteiger partial charge on any atom is -0.450 e. The third-order valence-corrected chi connectivity index (χ3v) is 1.12. The molecular weight excluding hydrogens is 146 g/mol. The summed E-state index contributed by atoms with van der Waals surface area (Å²) in [6.07, 6.45) is 0.924. The van der Waals surface area contributed by atoms with Gasteiger partial charge in [0.05, 0.1) is 13.2 Å². The van der Waals surface area contributed by atoms with E-state index in [1.807, 2.05) is 0 Å². The van der Waals surface area contributed by atoms with Crippen molar-refractivity contribution in [3.05, 3.63) is 0 Å². The zero-order valence-corrected chi connectivity index (χ0v) is 6.76. The summed E-state index contributed by atoms with van der Waals surface area (Å²) in [5.41, 5.74) is 0. The molecular formula is C7H14NO3. The van der Waals surface area contributed by atoms with Crippen LogP contribution in [0, 0.1) is 0 Å². The van der Waals surface area contributed by atoms with Gasteiger partial charge in [0.15, 0.2) is 0 Å². The Balaban J connectivity index is 3.04. The van der Waals surface area contributed by atoms with Crippen LogP contribution in [0.4, 0.5) is 4.79 Å². The molecule has 0 aromatic rings. The summed E-state index contributed by atoms with van der Waals surface area (Å²) in [6.45, 7) is 2.58. The van der Waals surface area contributed by atoms with Crippen LogP contribution in [0.2, 0.25) is 0 Å². The maximum Gasteiger partial charge on any atom is 0.407 e. The first-order valence-electron chi connectivity index (χ1n) is 3.80. The highest BCUT2D eigenvalue weighted by Crippen LogP contribution is 1.84. The van der Waals surface area contributed by atoms with Crippen molar-refractivity contribution >= 4 is 6.09 Å². The summed E-state index contributed by atoms with van der Waals surface area (Å²) < 4.78 is 4.59. The fraction of sp³-hybridized carbons (Fsp3) is 0.857. The molecule has 4 heteroatoms. The average molecular weight is 160 g/mol. The number of unbranched alkanes of at least 4 members (excludes halogenated alkanes) is 1. The van der Waals surface area contributed by atoms with Crippen LogP contribution in [-0.4, -0.2) is 25.9 Å². The first-order valence-corrected chi connectivity index (χ1v) is 3.80.